The molecule has 0 saturated carbocycles. The van der Waals surface area contributed by atoms with Gasteiger partial charge in [0.05, 0.1) is 6.21 Å². The second-order valence-corrected chi connectivity index (χ2v) is 8.24. The van der Waals surface area contributed by atoms with Crippen LogP contribution in [0.5, 0.6) is 0 Å². The zero-order valence-electron chi connectivity index (χ0n) is 17.8. The molecule has 4 heteroatoms. The summed E-state index contributed by atoms with van der Waals surface area (Å²) < 4.78 is 0. The number of amides is 1. The first-order valence-corrected chi connectivity index (χ1v) is 9.92. The van der Waals surface area contributed by atoms with Crippen LogP contribution in [0.15, 0.2) is 53.7 Å². The van der Waals surface area contributed by atoms with Gasteiger partial charge in [0.25, 0.3) is 5.91 Å². The summed E-state index contributed by atoms with van der Waals surface area (Å²) in [6, 6.07) is 16.1. The molecule has 28 heavy (non-hydrogen) atoms. The maximum Gasteiger partial charge on any atom is 0.267 e. The van der Waals surface area contributed by atoms with Gasteiger partial charge in [-0.05, 0) is 47.4 Å². The number of nitrogens with zero attached hydrogens (tertiary/aromatic N) is 1. The monoisotopic (exact) mass is 380 g/mol. The molecule has 0 aliphatic heterocycles. The Morgan fingerprint density at radius 1 is 1.11 bits per heavy atom. The van der Waals surface area contributed by atoms with Gasteiger partial charge in [0.2, 0.25) is 6.10 Å². The molecule has 2 aromatic carbocycles. The van der Waals surface area contributed by atoms with Gasteiger partial charge in [-0.15, -0.1) is 0 Å². The summed E-state index contributed by atoms with van der Waals surface area (Å²) in [7, 11) is 0. The van der Waals surface area contributed by atoms with Crippen LogP contribution in [0.2, 0.25) is 0 Å². The fourth-order valence-corrected chi connectivity index (χ4v) is 2.79. The lowest BCUT2D eigenvalue weighted by Gasteiger charge is -2.18. The van der Waals surface area contributed by atoms with Gasteiger partial charge in [-0.25, -0.2) is 0 Å². The van der Waals surface area contributed by atoms with Crippen molar-refractivity contribution in [2.45, 2.75) is 65.4 Å². The first-order chi connectivity index (χ1) is 13.2. The minimum absolute atomic E-state index is 0.115. The number of anilines is 1. The lowest BCUT2D eigenvalue weighted by molar-refractivity contribution is -0.126. The van der Waals surface area contributed by atoms with E-state index in [0.29, 0.717) is 5.92 Å². The van der Waals surface area contributed by atoms with Gasteiger partial charge in [0.15, 0.2) is 0 Å². The molecule has 0 aliphatic carbocycles. The Labute approximate surface area is 169 Å². The van der Waals surface area contributed by atoms with E-state index in [1.165, 1.54) is 5.56 Å². The van der Waals surface area contributed by atoms with E-state index < -0.39 is 6.10 Å². The van der Waals surface area contributed by atoms with Crippen molar-refractivity contribution in [1.29, 1.82) is 0 Å². The molecule has 2 aromatic rings. The Kier molecular flexibility index (Phi) is 7.38. The highest BCUT2D eigenvalue weighted by Crippen LogP contribution is 2.26. The van der Waals surface area contributed by atoms with E-state index in [1.807, 2.05) is 30.3 Å². The Bertz CT molecular complexity index is 804. The van der Waals surface area contributed by atoms with Gasteiger partial charge < -0.3 is 10.2 Å². The van der Waals surface area contributed by atoms with Crippen molar-refractivity contribution in [3.63, 3.8) is 0 Å². The molecule has 2 atom stereocenters. The van der Waals surface area contributed by atoms with Crippen molar-refractivity contribution in [2.24, 2.45) is 5.16 Å². The molecule has 0 heterocycles. The molecule has 2 rings (SSSR count). The zero-order chi connectivity index (χ0) is 20.7. The van der Waals surface area contributed by atoms with Crippen LogP contribution < -0.4 is 5.32 Å². The number of carbonyl (C=O) groups excluding carboxylic acids is 1. The third-order valence-electron chi connectivity index (χ3n) is 4.93. The van der Waals surface area contributed by atoms with Gasteiger partial charge in [-0.2, -0.15) is 0 Å². The van der Waals surface area contributed by atoms with Crippen LogP contribution in [0.4, 0.5) is 5.69 Å². The third kappa shape index (κ3) is 5.95. The molecule has 1 amide bonds. The molecule has 1 N–H and O–H groups in total. The first-order valence-electron chi connectivity index (χ1n) is 9.92. The van der Waals surface area contributed by atoms with Crippen molar-refractivity contribution >= 4 is 17.8 Å². The number of hydrogen-bond donors (Lipinski definition) is 1. The highest BCUT2D eigenvalue weighted by atomic mass is 16.6. The Morgan fingerprint density at radius 2 is 1.75 bits per heavy atom. The molecule has 0 spiro atoms. The summed E-state index contributed by atoms with van der Waals surface area (Å²) in [5.41, 5.74) is 4.28. The maximum atomic E-state index is 12.5. The minimum atomic E-state index is -0.685. The van der Waals surface area contributed by atoms with Crippen LogP contribution in [0.1, 0.15) is 70.6 Å². The van der Waals surface area contributed by atoms with Crippen LogP contribution in [-0.4, -0.2) is 18.2 Å². The van der Waals surface area contributed by atoms with E-state index in [-0.39, 0.29) is 11.3 Å². The summed E-state index contributed by atoms with van der Waals surface area (Å²) in [5.74, 6) is 0.165. The van der Waals surface area contributed by atoms with Gasteiger partial charge in [-0.3, -0.25) is 4.79 Å². The van der Waals surface area contributed by atoms with E-state index in [9.17, 15) is 4.79 Å². The molecule has 0 fully saturated rings. The molecule has 0 saturated heterocycles. The van der Waals surface area contributed by atoms with E-state index >= 15 is 0 Å². The summed E-state index contributed by atoms with van der Waals surface area (Å²) >= 11 is 0. The predicted molar refractivity (Wildman–Crippen MR) is 117 cm³/mol. The van der Waals surface area contributed by atoms with Crippen molar-refractivity contribution in [3.05, 3.63) is 65.2 Å². The third-order valence-corrected chi connectivity index (χ3v) is 4.93. The Morgan fingerprint density at radius 3 is 2.36 bits per heavy atom. The molecule has 0 aliphatic rings. The van der Waals surface area contributed by atoms with Gasteiger partial charge in [-0.1, -0.05) is 82.2 Å². The van der Waals surface area contributed by atoms with Crippen molar-refractivity contribution in [1.82, 2.24) is 0 Å². The maximum absolute atomic E-state index is 12.5. The lowest BCUT2D eigenvalue weighted by atomic mass is 9.87. The number of benzene rings is 2. The van der Waals surface area contributed by atoms with Gasteiger partial charge in [0.1, 0.15) is 0 Å². The van der Waals surface area contributed by atoms with E-state index in [2.05, 4.69) is 63.3 Å². The fourth-order valence-electron chi connectivity index (χ4n) is 2.79. The van der Waals surface area contributed by atoms with Gasteiger partial charge in [0, 0.05) is 5.69 Å². The van der Waals surface area contributed by atoms with Crippen LogP contribution in [0.25, 0.3) is 0 Å². The molecule has 150 valence electrons. The average Bonchev–Trinajstić information content (AvgIpc) is 2.67. The van der Waals surface area contributed by atoms with E-state index in [4.69, 9.17) is 4.84 Å². The highest BCUT2D eigenvalue weighted by Gasteiger charge is 2.17. The number of nitrogens with one attached hydrogen (secondary N) is 1. The molecule has 0 aromatic heterocycles. The van der Waals surface area contributed by atoms with Crippen LogP contribution in [0.3, 0.4) is 0 Å². The van der Waals surface area contributed by atoms with Crippen molar-refractivity contribution in [2.75, 3.05) is 5.32 Å². The second kappa shape index (κ2) is 9.54. The largest absolute Gasteiger partial charge is 0.383 e. The Balaban J connectivity index is 1.95. The van der Waals surface area contributed by atoms with E-state index in [0.717, 1.165) is 23.2 Å². The number of rotatable bonds is 7. The van der Waals surface area contributed by atoms with Crippen molar-refractivity contribution in [3.8, 4) is 0 Å². The zero-order valence-corrected chi connectivity index (χ0v) is 17.8. The topological polar surface area (TPSA) is 50.7 Å². The van der Waals surface area contributed by atoms with Crippen LogP contribution in [0, 0.1) is 0 Å². The quantitative estimate of drug-likeness (QED) is 0.482. The van der Waals surface area contributed by atoms with E-state index in [1.54, 1.807) is 13.1 Å². The minimum Gasteiger partial charge on any atom is -0.383 e. The molecular weight excluding hydrogens is 348 g/mol. The second-order valence-electron chi connectivity index (χ2n) is 8.24. The van der Waals surface area contributed by atoms with Crippen LogP contribution in [-0.2, 0) is 15.0 Å². The summed E-state index contributed by atoms with van der Waals surface area (Å²) in [5, 5.41) is 6.94. The summed E-state index contributed by atoms with van der Waals surface area (Å²) in [6.45, 7) is 12.5. The van der Waals surface area contributed by atoms with Crippen molar-refractivity contribution < 1.29 is 9.63 Å². The molecular formula is C24H32N2O2. The number of hydrogen-bond acceptors (Lipinski definition) is 3. The summed E-state index contributed by atoms with van der Waals surface area (Å²) in [4.78, 5) is 17.8. The van der Waals surface area contributed by atoms with Crippen LogP contribution >= 0.6 is 0 Å². The molecule has 4 nitrogen and oxygen atoms in total. The van der Waals surface area contributed by atoms with Gasteiger partial charge >= 0.3 is 0 Å². The predicted octanol–water partition coefficient (Wildman–Crippen LogP) is 5.88. The molecule has 0 radical (unpaired) electrons. The Hall–Kier alpha value is -2.62. The SMILES string of the molecule is CC[C@@H](C)c1ccccc1NC(=O)[C@@H](C)O/N=C\c1ccc(C(C)(C)C)cc1. The highest BCUT2D eigenvalue weighted by molar-refractivity contribution is 5.94. The molecule has 0 unspecified atom stereocenters. The number of carbonyl (C=O) groups is 1. The summed E-state index contributed by atoms with van der Waals surface area (Å²) in [6.07, 6.45) is 1.95. The number of oxime groups is 1. The smallest absolute Gasteiger partial charge is 0.267 e. The number of para-hydroxylation sites is 1. The fraction of sp³-hybridized carbons (Fsp3) is 0.417. The average molecular weight is 381 g/mol. The first kappa shape index (κ1) is 21.7. The molecule has 0 bridgehead atoms. The normalized spacial score (nSPS) is 13.9. The standard InChI is InChI=1S/C24H32N2O2/c1-7-17(2)21-10-8-9-11-22(21)26-23(27)18(3)28-25-16-19-12-14-20(15-13-19)24(4,5)6/h8-18H,7H2,1-6H3,(H,26,27)/b25-16-/t17-,18-/m1/s1. The lowest BCUT2D eigenvalue weighted by Crippen LogP contribution is -2.27.